The Hall–Kier alpha value is -3.17. The number of thioether (sulfide) groups is 1. The van der Waals surface area contributed by atoms with Gasteiger partial charge in [0.25, 0.3) is 5.56 Å². The van der Waals surface area contributed by atoms with E-state index in [1.165, 1.54) is 18.9 Å². The zero-order valence-electron chi connectivity index (χ0n) is 20.8. The Labute approximate surface area is 209 Å². The van der Waals surface area contributed by atoms with Crippen LogP contribution in [-0.2, 0) is 16.1 Å². The smallest absolute Gasteiger partial charge is 0.339 e. The number of aromatic nitrogens is 2. The van der Waals surface area contributed by atoms with Crippen LogP contribution in [0.2, 0.25) is 0 Å². The third-order valence-electron chi connectivity index (χ3n) is 5.67. The van der Waals surface area contributed by atoms with Crippen LogP contribution in [0, 0.1) is 0 Å². The number of carbonyl (C=O) groups is 2. The van der Waals surface area contributed by atoms with Gasteiger partial charge >= 0.3 is 5.97 Å². The standard InChI is InChI=1S/C26H32N4O4S/c1-17(2)29(18(3)4)14-15-30-24(32)19-10-6-8-12-21(19)28-26(30)35-16-23(31)27-22-13-9-7-11-20(22)25(33)34-5/h6-13,17-18H,14-16H2,1-5H3,(H,27,31). The van der Waals surface area contributed by atoms with E-state index in [1.54, 1.807) is 41.0 Å². The first-order valence-corrected chi connectivity index (χ1v) is 12.6. The molecule has 9 heteroatoms. The first-order valence-electron chi connectivity index (χ1n) is 11.6. The molecule has 0 saturated carbocycles. The number of hydrogen-bond acceptors (Lipinski definition) is 7. The number of amides is 1. The van der Waals surface area contributed by atoms with Crippen molar-refractivity contribution in [2.45, 2.75) is 51.5 Å². The maximum atomic E-state index is 13.3. The minimum atomic E-state index is -0.529. The predicted molar refractivity (Wildman–Crippen MR) is 140 cm³/mol. The molecule has 0 aliphatic heterocycles. The number of benzene rings is 2. The Morgan fingerprint density at radius 2 is 1.71 bits per heavy atom. The van der Waals surface area contributed by atoms with Crippen molar-refractivity contribution in [3.8, 4) is 0 Å². The molecular formula is C26H32N4O4S. The highest BCUT2D eigenvalue weighted by molar-refractivity contribution is 7.99. The largest absolute Gasteiger partial charge is 0.465 e. The number of nitrogens with one attached hydrogen (secondary N) is 1. The van der Waals surface area contributed by atoms with Gasteiger partial charge in [0, 0.05) is 25.2 Å². The third kappa shape index (κ3) is 6.49. The molecule has 0 bridgehead atoms. The molecule has 35 heavy (non-hydrogen) atoms. The van der Waals surface area contributed by atoms with Gasteiger partial charge in [0.15, 0.2) is 5.16 Å². The lowest BCUT2D eigenvalue weighted by Crippen LogP contribution is -2.40. The highest BCUT2D eigenvalue weighted by atomic mass is 32.2. The van der Waals surface area contributed by atoms with Crippen LogP contribution in [0.25, 0.3) is 10.9 Å². The van der Waals surface area contributed by atoms with Crippen LogP contribution in [0.15, 0.2) is 58.5 Å². The second kappa shape index (κ2) is 12.0. The lowest BCUT2D eigenvalue weighted by atomic mass is 10.2. The molecule has 3 rings (SSSR count). The Morgan fingerprint density at radius 3 is 2.40 bits per heavy atom. The fourth-order valence-electron chi connectivity index (χ4n) is 3.98. The number of nitrogens with zero attached hydrogens (tertiary/aromatic N) is 3. The SMILES string of the molecule is COC(=O)c1ccccc1NC(=O)CSc1nc2ccccc2c(=O)n1CCN(C(C)C)C(C)C. The molecule has 0 saturated heterocycles. The Balaban J connectivity index is 1.84. The number of fused-ring (bicyclic) bond motifs is 1. The summed E-state index contributed by atoms with van der Waals surface area (Å²) < 4.78 is 6.44. The molecule has 0 aliphatic carbocycles. The van der Waals surface area contributed by atoms with E-state index < -0.39 is 5.97 Å². The predicted octanol–water partition coefficient (Wildman–Crippen LogP) is 4.03. The van der Waals surface area contributed by atoms with Gasteiger partial charge in [-0.1, -0.05) is 36.0 Å². The van der Waals surface area contributed by atoms with Crippen LogP contribution < -0.4 is 10.9 Å². The molecule has 1 N–H and O–H groups in total. The average molecular weight is 497 g/mol. The number of esters is 1. The first-order chi connectivity index (χ1) is 16.7. The van der Waals surface area contributed by atoms with E-state index in [1.807, 2.05) is 12.1 Å². The van der Waals surface area contributed by atoms with Gasteiger partial charge in [-0.2, -0.15) is 0 Å². The molecule has 0 unspecified atom stereocenters. The third-order valence-corrected chi connectivity index (χ3v) is 6.65. The average Bonchev–Trinajstić information content (AvgIpc) is 2.83. The van der Waals surface area contributed by atoms with Crippen molar-refractivity contribution in [1.82, 2.24) is 14.5 Å². The van der Waals surface area contributed by atoms with Crippen LogP contribution >= 0.6 is 11.8 Å². The minimum Gasteiger partial charge on any atom is -0.465 e. The van der Waals surface area contributed by atoms with Gasteiger partial charge in [-0.15, -0.1) is 0 Å². The van der Waals surface area contributed by atoms with Crippen molar-refractivity contribution in [2.75, 3.05) is 24.7 Å². The summed E-state index contributed by atoms with van der Waals surface area (Å²) in [5.41, 5.74) is 1.12. The van der Waals surface area contributed by atoms with E-state index in [0.717, 1.165) is 0 Å². The normalized spacial score (nSPS) is 11.4. The van der Waals surface area contributed by atoms with E-state index in [0.29, 0.717) is 46.9 Å². The summed E-state index contributed by atoms with van der Waals surface area (Å²) in [5, 5.41) is 3.80. The second-order valence-corrected chi connectivity index (χ2v) is 9.61. The van der Waals surface area contributed by atoms with Crippen LogP contribution in [-0.4, -0.2) is 57.8 Å². The minimum absolute atomic E-state index is 0.0262. The molecule has 0 aliphatic rings. The van der Waals surface area contributed by atoms with Gasteiger partial charge in [0.2, 0.25) is 5.91 Å². The highest BCUT2D eigenvalue weighted by Crippen LogP contribution is 2.20. The number of para-hydroxylation sites is 2. The molecule has 0 radical (unpaired) electrons. The van der Waals surface area contributed by atoms with Crippen LogP contribution in [0.1, 0.15) is 38.1 Å². The Kier molecular flexibility index (Phi) is 9.06. The summed E-state index contributed by atoms with van der Waals surface area (Å²) in [7, 11) is 1.29. The molecule has 1 heterocycles. The topological polar surface area (TPSA) is 93.5 Å². The number of ether oxygens (including phenoxy) is 1. The van der Waals surface area contributed by atoms with Crippen molar-refractivity contribution in [1.29, 1.82) is 0 Å². The van der Waals surface area contributed by atoms with Gasteiger partial charge in [0.1, 0.15) is 0 Å². The molecule has 0 spiro atoms. The molecule has 1 amide bonds. The van der Waals surface area contributed by atoms with Gasteiger partial charge in [-0.05, 0) is 52.0 Å². The number of anilines is 1. The summed E-state index contributed by atoms with van der Waals surface area (Å²) in [4.78, 5) is 45.1. The lowest BCUT2D eigenvalue weighted by Gasteiger charge is -2.30. The fourth-order valence-corrected chi connectivity index (χ4v) is 4.80. The molecule has 0 atom stereocenters. The number of carbonyl (C=O) groups excluding carboxylic acids is 2. The van der Waals surface area contributed by atoms with Gasteiger partial charge in [-0.25, -0.2) is 9.78 Å². The summed E-state index contributed by atoms with van der Waals surface area (Å²) >= 11 is 1.20. The highest BCUT2D eigenvalue weighted by Gasteiger charge is 2.18. The number of methoxy groups -OCH3 is 1. The van der Waals surface area contributed by atoms with Crippen molar-refractivity contribution in [2.24, 2.45) is 0 Å². The van der Waals surface area contributed by atoms with E-state index >= 15 is 0 Å². The Bertz CT molecular complexity index is 1250. The first kappa shape index (κ1) is 26.4. The van der Waals surface area contributed by atoms with Gasteiger partial charge in [-0.3, -0.25) is 19.1 Å². The van der Waals surface area contributed by atoms with Gasteiger partial charge < -0.3 is 10.1 Å². The quantitative estimate of drug-likeness (QED) is 0.257. The monoisotopic (exact) mass is 496 g/mol. The summed E-state index contributed by atoms with van der Waals surface area (Å²) in [5.74, 6) is -0.817. The number of rotatable bonds is 10. The van der Waals surface area contributed by atoms with E-state index in [4.69, 9.17) is 9.72 Å². The zero-order chi connectivity index (χ0) is 25.5. The molecule has 1 aromatic heterocycles. The number of hydrogen-bond donors (Lipinski definition) is 1. The van der Waals surface area contributed by atoms with Crippen LogP contribution in [0.3, 0.4) is 0 Å². The Morgan fingerprint density at radius 1 is 1.06 bits per heavy atom. The molecular weight excluding hydrogens is 464 g/mol. The summed E-state index contributed by atoms with van der Waals surface area (Å²) in [6.07, 6.45) is 0. The van der Waals surface area contributed by atoms with E-state index in [2.05, 4.69) is 37.9 Å². The van der Waals surface area contributed by atoms with Crippen molar-refractivity contribution in [3.05, 3.63) is 64.4 Å². The molecule has 3 aromatic rings. The maximum Gasteiger partial charge on any atom is 0.339 e. The maximum absolute atomic E-state index is 13.3. The van der Waals surface area contributed by atoms with E-state index in [-0.39, 0.29) is 22.8 Å². The van der Waals surface area contributed by atoms with Crippen molar-refractivity contribution in [3.63, 3.8) is 0 Å². The zero-order valence-corrected chi connectivity index (χ0v) is 21.6. The van der Waals surface area contributed by atoms with Crippen molar-refractivity contribution >= 4 is 40.2 Å². The summed E-state index contributed by atoms with van der Waals surface area (Å²) in [6, 6.07) is 14.6. The van der Waals surface area contributed by atoms with E-state index in [9.17, 15) is 14.4 Å². The molecule has 2 aromatic carbocycles. The van der Waals surface area contributed by atoms with Crippen LogP contribution in [0.5, 0.6) is 0 Å². The fraction of sp³-hybridized carbons (Fsp3) is 0.385. The molecule has 8 nitrogen and oxygen atoms in total. The molecule has 0 fully saturated rings. The molecule has 186 valence electrons. The van der Waals surface area contributed by atoms with Crippen molar-refractivity contribution < 1.29 is 14.3 Å². The second-order valence-electron chi connectivity index (χ2n) is 8.67. The van der Waals surface area contributed by atoms with Gasteiger partial charge in [0.05, 0.1) is 35.0 Å². The lowest BCUT2D eigenvalue weighted by molar-refractivity contribution is -0.113. The van der Waals surface area contributed by atoms with Crippen LogP contribution in [0.4, 0.5) is 5.69 Å². The summed E-state index contributed by atoms with van der Waals surface area (Å²) in [6.45, 7) is 9.67.